The van der Waals surface area contributed by atoms with Crippen molar-refractivity contribution in [1.29, 1.82) is 0 Å². The number of amides is 1. The van der Waals surface area contributed by atoms with E-state index in [9.17, 15) is 9.90 Å². The summed E-state index contributed by atoms with van der Waals surface area (Å²) in [5.41, 5.74) is 0.0887. The molecule has 3 nitrogen and oxygen atoms in total. The molecule has 0 spiro atoms. The standard InChI is InChI=1S/C16H27NO2/c1-2-16(11-18)7-9-17(10-8-16)15(19)14(12-3-4-12)13-5-6-13/h12-14,18H,2-11H2,1H3. The smallest absolute Gasteiger partial charge is 0.226 e. The summed E-state index contributed by atoms with van der Waals surface area (Å²) in [6.45, 7) is 4.16. The highest BCUT2D eigenvalue weighted by Gasteiger charge is 2.47. The minimum atomic E-state index is 0.0887. The van der Waals surface area contributed by atoms with Crippen LogP contribution in [-0.2, 0) is 4.79 Å². The van der Waals surface area contributed by atoms with Gasteiger partial charge in [0.05, 0.1) is 0 Å². The summed E-state index contributed by atoms with van der Waals surface area (Å²) >= 11 is 0. The molecule has 0 radical (unpaired) electrons. The number of carbonyl (C=O) groups is 1. The second-order valence-corrected chi connectivity index (χ2v) is 7.04. The van der Waals surface area contributed by atoms with Crippen molar-refractivity contribution in [3.63, 3.8) is 0 Å². The minimum absolute atomic E-state index is 0.0887. The topological polar surface area (TPSA) is 40.5 Å². The Hall–Kier alpha value is -0.570. The van der Waals surface area contributed by atoms with Gasteiger partial charge in [0, 0.05) is 25.6 Å². The molecule has 19 heavy (non-hydrogen) atoms. The van der Waals surface area contributed by atoms with Crippen LogP contribution in [0.4, 0.5) is 0 Å². The molecule has 2 saturated carbocycles. The van der Waals surface area contributed by atoms with E-state index >= 15 is 0 Å². The molecule has 1 N–H and O–H groups in total. The molecule has 1 aliphatic heterocycles. The molecule has 1 amide bonds. The number of nitrogens with zero attached hydrogens (tertiary/aromatic N) is 1. The molecule has 0 unspecified atom stereocenters. The quantitative estimate of drug-likeness (QED) is 0.829. The summed E-state index contributed by atoms with van der Waals surface area (Å²) in [5, 5.41) is 9.57. The molecule has 1 saturated heterocycles. The Morgan fingerprint density at radius 1 is 1.21 bits per heavy atom. The molecule has 3 heteroatoms. The second kappa shape index (κ2) is 5.08. The lowest BCUT2D eigenvalue weighted by Crippen LogP contribution is -2.47. The minimum Gasteiger partial charge on any atom is -0.396 e. The molecule has 2 aliphatic carbocycles. The molecule has 1 heterocycles. The number of aliphatic hydroxyl groups excluding tert-OH is 1. The number of piperidine rings is 1. The fraction of sp³-hybridized carbons (Fsp3) is 0.938. The van der Waals surface area contributed by atoms with Crippen molar-refractivity contribution in [3.8, 4) is 0 Å². The highest BCUT2D eigenvalue weighted by atomic mass is 16.3. The van der Waals surface area contributed by atoms with E-state index in [1.54, 1.807) is 0 Å². The zero-order valence-corrected chi connectivity index (χ0v) is 12.1. The van der Waals surface area contributed by atoms with Crippen LogP contribution in [0.1, 0.15) is 51.9 Å². The number of carbonyl (C=O) groups excluding carboxylic acids is 1. The third kappa shape index (κ3) is 2.67. The maximum atomic E-state index is 12.7. The third-order valence-corrected chi connectivity index (χ3v) is 5.77. The lowest BCUT2D eigenvalue weighted by atomic mass is 9.76. The number of likely N-dealkylation sites (tertiary alicyclic amines) is 1. The normalized spacial score (nSPS) is 26.8. The van der Waals surface area contributed by atoms with Gasteiger partial charge >= 0.3 is 0 Å². The lowest BCUT2D eigenvalue weighted by molar-refractivity contribution is -0.140. The van der Waals surface area contributed by atoms with Gasteiger partial charge in [-0.25, -0.2) is 0 Å². The third-order valence-electron chi connectivity index (χ3n) is 5.77. The molecule has 108 valence electrons. The molecule has 0 atom stereocenters. The summed E-state index contributed by atoms with van der Waals surface area (Å²) in [6.07, 6.45) is 8.08. The highest BCUT2D eigenvalue weighted by molar-refractivity contribution is 5.80. The monoisotopic (exact) mass is 265 g/mol. The molecular formula is C16H27NO2. The predicted octanol–water partition coefficient (Wildman–Crippen LogP) is 2.43. The van der Waals surface area contributed by atoms with Gasteiger partial charge < -0.3 is 10.0 Å². The van der Waals surface area contributed by atoms with Crippen molar-refractivity contribution in [2.24, 2.45) is 23.2 Å². The highest BCUT2D eigenvalue weighted by Crippen LogP contribution is 2.50. The first-order valence-corrected chi connectivity index (χ1v) is 8.09. The first-order valence-electron chi connectivity index (χ1n) is 8.09. The number of aliphatic hydroxyl groups is 1. The van der Waals surface area contributed by atoms with E-state index in [0.717, 1.165) is 32.4 Å². The molecule has 3 aliphatic rings. The van der Waals surface area contributed by atoms with E-state index in [2.05, 4.69) is 11.8 Å². The van der Waals surface area contributed by atoms with Gasteiger partial charge in [-0.15, -0.1) is 0 Å². The summed E-state index contributed by atoms with van der Waals surface area (Å²) in [5.74, 6) is 2.20. The maximum absolute atomic E-state index is 12.7. The van der Waals surface area contributed by atoms with E-state index in [1.807, 2.05) is 0 Å². The Labute approximate surface area is 116 Å². The van der Waals surface area contributed by atoms with Crippen LogP contribution in [0.5, 0.6) is 0 Å². The largest absolute Gasteiger partial charge is 0.396 e. The van der Waals surface area contributed by atoms with Crippen LogP contribution < -0.4 is 0 Å². The van der Waals surface area contributed by atoms with Crippen molar-refractivity contribution in [2.75, 3.05) is 19.7 Å². The van der Waals surface area contributed by atoms with Gasteiger partial charge in [-0.2, -0.15) is 0 Å². The Morgan fingerprint density at radius 2 is 1.74 bits per heavy atom. The molecule has 0 aromatic heterocycles. The average molecular weight is 265 g/mol. The molecule has 0 bridgehead atoms. The molecule has 0 aromatic carbocycles. The van der Waals surface area contributed by atoms with E-state index in [0.29, 0.717) is 23.7 Å². The van der Waals surface area contributed by atoms with Gasteiger partial charge in [0.15, 0.2) is 0 Å². The van der Waals surface area contributed by atoms with Crippen molar-refractivity contribution >= 4 is 5.91 Å². The summed E-state index contributed by atoms with van der Waals surface area (Å²) < 4.78 is 0. The maximum Gasteiger partial charge on any atom is 0.226 e. The van der Waals surface area contributed by atoms with Gasteiger partial charge in [-0.05, 0) is 62.2 Å². The van der Waals surface area contributed by atoms with Crippen LogP contribution in [0.25, 0.3) is 0 Å². The SMILES string of the molecule is CCC1(CO)CCN(C(=O)C(C2CC2)C2CC2)CC1. The van der Waals surface area contributed by atoms with Crippen molar-refractivity contribution in [1.82, 2.24) is 4.90 Å². The van der Waals surface area contributed by atoms with Gasteiger partial charge in [0.1, 0.15) is 0 Å². The van der Waals surface area contributed by atoms with Crippen molar-refractivity contribution in [2.45, 2.75) is 51.9 Å². The van der Waals surface area contributed by atoms with Crippen LogP contribution in [0.3, 0.4) is 0 Å². The zero-order valence-electron chi connectivity index (χ0n) is 12.1. The van der Waals surface area contributed by atoms with E-state index in [1.165, 1.54) is 25.7 Å². The number of rotatable bonds is 5. The lowest BCUT2D eigenvalue weighted by Gasteiger charge is -2.41. The van der Waals surface area contributed by atoms with Gasteiger partial charge in [0.25, 0.3) is 0 Å². The fourth-order valence-electron chi connectivity index (χ4n) is 3.73. The van der Waals surface area contributed by atoms with E-state index < -0.39 is 0 Å². The Morgan fingerprint density at radius 3 is 2.11 bits per heavy atom. The van der Waals surface area contributed by atoms with E-state index in [-0.39, 0.29) is 12.0 Å². The molecule has 3 rings (SSSR count). The van der Waals surface area contributed by atoms with Gasteiger partial charge in [-0.3, -0.25) is 4.79 Å². The second-order valence-electron chi connectivity index (χ2n) is 7.04. The van der Waals surface area contributed by atoms with Crippen LogP contribution in [-0.4, -0.2) is 35.6 Å². The van der Waals surface area contributed by atoms with Gasteiger partial charge in [-0.1, -0.05) is 6.92 Å². The number of hydrogen-bond acceptors (Lipinski definition) is 2. The van der Waals surface area contributed by atoms with Crippen molar-refractivity contribution in [3.05, 3.63) is 0 Å². The summed E-state index contributed by atoms with van der Waals surface area (Å²) in [6, 6.07) is 0. The molecule has 0 aromatic rings. The molecule has 3 fully saturated rings. The fourth-order valence-corrected chi connectivity index (χ4v) is 3.73. The van der Waals surface area contributed by atoms with Crippen LogP contribution in [0.2, 0.25) is 0 Å². The van der Waals surface area contributed by atoms with Crippen molar-refractivity contribution < 1.29 is 9.90 Å². The predicted molar refractivity (Wildman–Crippen MR) is 74.6 cm³/mol. The van der Waals surface area contributed by atoms with Crippen LogP contribution in [0, 0.1) is 23.2 Å². The van der Waals surface area contributed by atoms with Crippen LogP contribution >= 0.6 is 0 Å². The first kappa shape index (κ1) is 13.4. The molecular weight excluding hydrogens is 238 g/mol. The average Bonchev–Trinajstić information content (AvgIpc) is 3.33. The number of hydrogen-bond donors (Lipinski definition) is 1. The summed E-state index contributed by atoms with van der Waals surface area (Å²) in [7, 11) is 0. The summed E-state index contributed by atoms with van der Waals surface area (Å²) in [4.78, 5) is 14.8. The Balaban J connectivity index is 1.59. The van der Waals surface area contributed by atoms with Gasteiger partial charge in [0.2, 0.25) is 5.91 Å². The van der Waals surface area contributed by atoms with Crippen LogP contribution in [0.15, 0.2) is 0 Å². The zero-order chi connectivity index (χ0) is 13.5. The first-order chi connectivity index (χ1) is 9.19. The Bertz CT molecular complexity index is 321. The Kier molecular flexibility index (Phi) is 3.59. The van der Waals surface area contributed by atoms with E-state index in [4.69, 9.17) is 0 Å².